The minimum absolute atomic E-state index is 0.232. The summed E-state index contributed by atoms with van der Waals surface area (Å²) in [5.41, 5.74) is 5.55. The lowest BCUT2D eigenvalue weighted by molar-refractivity contribution is 0.119. The number of nitrogens with zero attached hydrogens (tertiary/aromatic N) is 1. The summed E-state index contributed by atoms with van der Waals surface area (Å²) in [7, 11) is -1.18. The van der Waals surface area contributed by atoms with Crippen LogP contribution in [0.25, 0.3) is 0 Å². The van der Waals surface area contributed by atoms with Crippen LogP contribution in [-0.4, -0.2) is 63.7 Å². The average Bonchev–Trinajstić information content (AvgIpc) is 2.84. The lowest BCUT2D eigenvalue weighted by Gasteiger charge is -2.36. The van der Waals surface area contributed by atoms with Crippen LogP contribution in [-0.2, 0) is 14.6 Å². The van der Waals surface area contributed by atoms with Crippen molar-refractivity contribution in [2.75, 3.05) is 44.9 Å². The van der Waals surface area contributed by atoms with E-state index in [0.717, 1.165) is 26.1 Å². The van der Waals surface area contributed by atoms with Gasteiger partial charge in [-0.05, 0) is 25.3 Å². The molecule has 0 aromatic rings. The number of hydrogen-bond donors (Lipinski definition) is 1. The molecule has 100 valence electrons. The molecule has 0 bridgehead atoms. The zero-order chi connectivity index (χ0) is 12.5. The van der Waals surface area contributed by atoms with E-state index in [1.807, 2.05) is 0 Å². The highest BCUT2D eigenvalue weighted by Crippen LogP contribution is 2.33. The minimum atomic E-state index is -2.89. The van der Waals surface area contributed by atoms with Gasteiger partial charge in [-0.25, -0.2) is 8.42 Å². The highest BCUT2D eigenvalue weighted by Gasteiger charge is 2.47. The summed E-state index contributed by atoms with van der Waals surface area (Å²) in [4.78, 5) is 2.28. The van der Waals surface area contributed by atoms with Crippen molar-refractivity contribution in [1.82, 2.24) is 4.90 Å². The molecule has 5 nitrogen and oxygen atoms in total. The molecule has 0 amide bonds. The summed E-state index contributed by atoms with van der Waals surface area (Å²) >= 11 is 0. The molecule has 0 spiro atoms. The van der Waals surface area contributed by atoms with Gasteiger partial charge >= 0.3 is 0 Å². The van der Waals surface area contributed by atoms with Crippen LogP contribution in [0.1, 0.15) is 12.8 Å². The number of ether oxygens (including phenoxy) is 1. The lowest BCUT2D eigenvalue weighted by atomic mass is 9.97. The molecular formula is C11H22N2O3S. The van der Waals surface area contributed by atoms with E-state index in [-0.39, 0.29) is 17.0 Å². The smallest absolute Gasteiger partial charge is 0.152 e. The number of methoxy groups -OCH3 is 1. The van der Waals surface area contributed by atoms with Crippen molar-refractivity contribution in [1.29, 1.82) is 0 Å². The Bertz CT molecular complexity index is 371. The zero-order valence-corrected chi connectivity index (χ0v) is 11.2. The summed E-state index contributed by atoms with van der Waals surface area (Å²) < 4.78 is 28.5. The van der Waals surface area contributed by atoms with Crippen LogP contribution in [0.15, 0.2) is 0 Å². The maximum atomic E-state index is 11.7. The van der Waals surface area contributed by atoms with Gasteiger partial charge in [0, 0.05) is 25.7 Å². The molecule has 0 saturated carbocycles. The molecule has 0 aliphatic carbocycles. The van der Waals surface area contributed by atoms with Gasteiger partial charge in [-0.1, -0.05) is 0 Å². The molecular weight excluding hydrogens is 240 g/mol. The maximum absolute atomic E-state index is 11.7. The Morgan fingerprint density at radius 3 is 2.82 bits per heavy atom. The fourth-order valence-electron chi connectivity index (χ4n) is 3.07. The molecule has 2 aliphatic heterocycles. The first-order valence-corrected chi connectivity index (χ1v) is 7.98. The van der Waals surface area contributed by atoms with Crippen LogP contribution >= 0.6 is 0 Å². The monoisotopic (exact) mass is 262 g/mol. The maximum Gasteiger partial charge on any atom is 0.152 e. The van der Waals surface area contributed by atoms with Crippen LogP contribution in [0.3, 0.4) is 0 Å². The van der Waals surface area contributed by atoms with E-state index in [9.17, 15) is 8.42 Å². The molecule has 2 heterocycles. The second-order valence-corrected chi connectivity index (χ2v) is 7.51. The van der Waals surface area contributed by atoms with E-state index in [2.05, 4.69) is 4.90 Å². The summed E-state index contributed by atoms with van der Waals surface area (Å²) in [6.07, 6.45) is 1.77. The first kappa shape index (κ1) is 13.3. The summed E-state index contributed by atoms with van der Waals surface area (Å²) in [5, 5.41) is 0. The number of likely N-dealkylation sites (tertiary alicyclic amines) is 1. The van der Waals surface area contributed by atoms with Crippen molar-refractivity contribution in [2.45, 2.75) is 18.4 Å². The molecule has 2 atom stereocenters. The molecule has 2 rings (SSSR count). The van der Waals surface area contributed by atoms with Gasteiger partial charge < -0.3 is 10.5 Å². The lowest BCUT2D eigenvalue weighted by Crippen LogP contribution is -2.54. The van der Waals surface area contributed by atoms with Gasteiger partial charge in [-0.3, -0.25) is 4.90 Å². The first-order chi connectivity index (χ1) is 8.01. The molecule has 2 unspecified atom stereocenters. The van der Waals surface area contributed by atoms with E-state index in [0.29, 0.717) is 18.9 Å². The standard InChI is InChI=1S/C11H22N2O3S/c1-16-7-10-2-4-13(6-10)11(8-12)3-5-17(14,15)9-11/h10H,2-9,12H2,1H3. The Hall–Kier alpha value is -0.170. The van der Waals surface area contributed by atoms with E-state index >= 15 is 0 Å². The van der Waals surface area contributed by atoms with Crippen LogP contribution in [0.5, 0.6) is 0 Å². The Balaban J connectivity index is 2.06. The third kappa shape index (κ3) is 2.65. The van der Waals surface area contributed by atoms with Gasteiger partial charge in [-0.15, -0.1) is 0 Å². The molecule has 2 saturated heterocycles. The van der Waals surface area contributed by atoms with Crippen molar-refractivity contribution in [3.63, 3.8) is 0 Å². The summed E-state index contributed by atoms with van der Waals surface area (Å²) in [6.45, 7) is 3.05. The summed E-state index contributed by atoms with van der Waals surface area (Å²) in [6, 6.07) is 0. The Morgan fingerprint density at radius 1 is 1.53 bits per heavy atom. The van der Waals surface area contributed by atoms with Crippen LogP contribution < -0.4 is 5.73 Å². The quantitative estimate of drug-likeness (QED) is 0.737. The molecule has 0 aromatic carbocycles. The van der Waals surface area contributed by atoms with E-state index in [4.69, 9.17) is 10.5 Å². The van der Waals surface area contributed by atoms with Crippen LogP contribution in [0, 0.1) is 5.92 Å². The van der Waals surface area contributed by atoms with Gasteiger partial charge in [0.1, 0.15) is 0 Å². The van der Waals surface area contributed by atoms with E-state index in [1.54, 1.807) is 7.11 Å². The van der Waals surface area contributed by atoms with E-state index in [1.165, 1.54) is 0 Å². The second kappa shape index (κ2) is 4.84. The summed E-state index contributed by atoms with van der Waals surface area (Å²) in [5.74, 6) is 1.04. The third-order valence-corrected chi connectivity index (χ3v) is 5.91. The van der Waals surface area contributed by atoms with Crippen molar-refractivity contribution < 1.29 is 13.2 Å². The predicted molar refractivity (Wildman–Crippen MR) is 66.6 cm³/mol. The van der Waals surface area contributed by atoms with Gasteiger partial charge in [-0.2, -0.15) is 0 Å². The number of sulfone groups is 1. The van der Waals surface area contributed by atoms with Crippen molar-refractivity contribution in [2.24, 2.45) is 11.7 Å². The van der Waals surface area contributed by atoms with Crippen molar-refractivity contribution in [3.8, 4) is 0 Å². The minimum Gasteiger partial charge on any atom is -0.384 e. The second-order valence-electron chi connectivity index (χ2n) is 5.33. The molecule has 6 heteroatoms. The van der Waals surface area contributed by atoms with Crippen molar-refractivity contribution in [3.05, 3.63) is 0 Å². The third-order valence-electron chi connectivity index (χ3n) is 4.11. The van der Waals surface area contributed by atoms with Crippen LogP contribution in [0.2, 0.25) is 0 Å². The average molecular weight is 262 g/mol. The molecule has 0 radical (unpaired) electrons. The highest BCUT2D eigenvalue weighted by molar-refractivity contribution is 7.91. The zero-order valence-electron chi connectivity index (χ0n) is 10.4. The topological polar surface area (TPSA) is 72.6 Å². The fraction of sp³-hybridized carbons (Fsp3) is 1.00. The number of hydrogen-bond acceptors (Lipinski definition) is 5. The predicted octanol–water partition coefficient (Wildman–Crippen LogP) is -0.529. The van der Waals surface area contributed by atoms with E-state index < -0.39 is 9.84 Å². The van der Waals surface area contributed by atoms with Crippen LogP contribution in [0.4, 0.5) is 0 Å². The Labute approximate surface area is 103 Å². The van der Waals surface area contributed by atoms with Gasteiger partial charge in [0.15, 0.2) is 9.84 Å². The molecule has 2 N–H and O–H groups in total. The Kier molecular flexibility index (Phi) is 3.77. The largest absolute Gasteiger partial charge is 0.384 e. The van der Waals surface area contributed by atoms with Gasteiger partial charge in [0.05, 0.1) is 18.1 Å². The SMILES string of the molecule is COCC1CCN(C2(CN)CCS(=O)(=O)C2)C1. The molecule has 17 heavy (non-hydrogen) atoms. The molecule has 2 fully saturated rings. The highest BCUT2D eigenvalue weighted by atomic mass is 32.2. The molecule has 2 aliphatic rings. The normalized spacial score (nSPS) is 37.6. The van der Waals surface area contributed by atoms with Gasteiger partial charge in [0.25, 0.3) is 0 Å². The number of nitrogens with two attached hydrogens (primary N) is 1. The van der Waals surface area contributed by atoms with Gasteiger partial charge in [0.2, 0.25) is 0 Å². The Morgan fingerprint density at radius 2 is 2.29 bits per heavy atom. The number of rotatable bonds is 4. The molecule has 0 aromatic heterocycles. The first-order valence-electron chi connectivity index (χ1n) is 6.16. The van der Waals surface area contributed by atoms with Crippen molar-refractivity contribution >= 4 is 9.84 Å². The fourth-order valence-corrected chi connectivity index (χ4v) is 5.17.